The Balaban J connectivity index is 4.75. The number of hydrogen-bond donors (Lipinski definition) is 0. The number of hydrogen-bond acceptors (Lipinski definition) is 3. The van der Waals surface area contributed by atoms with Gasteiger partial charge in [0.2, 0.25) is 5.83 Å². The Hall–Kier alpha value is -1.79. The summed E-state index contributed by atoms with van der Waals surface area (Å²) in [4.78, 5) is 24.2. The van der Waals surface area contributed by atoms with E-state index in [0.29, 0.717) is 0 Å². The van der Waals surface area contributed by atoms with Crippen LogP contribution in [0.5, 0.6) is 0 Å². The molecule has 1 amide bonds. The molecular formula is C12H16F3NO3. The highest BCUT2D eigenvalue weighted by molar-refractivity contribution is 6.32. The zero-order valence-corrected chi connectivity index (χ0v) is 11.0. The molecule has 0 bridgehead atoms. The van der Waals surface area contributed by atoms with Crippen molar-refractivity contribution in [3.8, 4) is 0 Å². The molecule has 0 saturated carbocycles. The first kappa shape index (κ1) is 17.2. The zero-order chi connectivity index (χ0) is 15.2. The van der Waals surface area contributed by atoms with Crippen LogP contribution in [0.25, 0.3) is 0 Å². The Morgan fingerprint density at radius 1 is 1.26 bits per heavy atom. The molecule has 0 heterocycles. The van der Waals surface area contributed by atoms with Gasteiger partial charge in [-0.1, -0.05) is 6.08 Å². The summed E-state index contributed by atoms with van der Waals surface area (Å²) in [5.41, 5.74) is -0.690. The first-order valence-electron chi connectivity index (χ1n) is 5.40. The second-order valence-electron chi connectivity index (χ2n) is 4.62. The van der Waals surface area contributed by atoms with Gasteiger partial charge in [0.05, 0.1) is 0 Å². The first-order valence-corrected chi connectivity index (χ1v) is 5.40. The highest BCUT2D eigenvalue weighted by Gasteiger charge is 2.31. The largest absolute Gasteiger partial charge is 0.451 e. The molecular weight excluding hydrogens is 263 g/mol. The third-order valence-electron chi connectivity index (χ3n) is 2.08. The third-order valence-corrected chi connectivity index (χ3v) is 2.08. The monoisotopic (exact) mass is 279 g/mol. The van der Waals surface area contributed by atoms with Crippen molar-refractivity contribution in [1.82, 2.24) is 4.90 Å². The van der Waals surface area contributed by atoms with Crippen LogP contribution in [0.1, 0.15) is 20.8 Å². The number of esters is 1. The minimum Gasteiger partial charge on any atom is -0.451 e. The number of amides is 1. The predicted molar refractivity (Wildman–Crippen MR) is 63.0 cm³/mol. The number of ether oxygens (including phenoxy) is 1. The fourth-order valence-electron chi connectivity index (χ4n) is 1.15. The van der Waals surface area contributed by atoms with Crippen LogP contribution in [-0.4, -0.2) is 35.5 Å². The van der Waals surface area contributed by atoms with Gasteiger partial charge in [0.1, 0.15) is 6.61 Å². The molecule has 7 heteroatoms. The fourth-order valence-corrected chi connectivity index (χ4v) is 1.15. The van der Waals surface area contributed by atoms with E-state index in [0.717, 1.165) is 4.90 Å². The van der Waals surface area contributed by atoms with Gasteiger partial charge in [-0.05, 0) is 20.8 Å². The van der Waals surface area contributed by atoms with Gasteiger partial charge in [-0.3, -0.25) is 4.79 Å². The van der Waals surface area contributed by atoms with E-state index in [1.165, 1.54) is 6.08 Å². The molecule has 0 radical (unpaired) electrons. The Morgan fingerprint density at radius 2 is 1.79 bits per heavy atom. The molecule has 0 spiro atoms. The topological polar surface area (TPSA) is 46.6 Å². The standard InChI is InChI=1S/C12H16F3NO3/c1-5-6-16(12(2,3)4)10(17)11(18)19-7-8(13)9(14)15/h5H,1,6-7H2,2-4H3. The van der Waals surface area contributed by atoms with Crippen LogP contribution in [-0.2, 0) is 14.3 Å². The summed E-state index contributed by atoms with van der Waals surface area (Å²) in [6.07, 6.45) is -1.18. The van der Waals surface area contributed by atoms with Crippen LogP contribution in [0.4, 0.5) is 13.2 Å². The van der Waals surface area contributed by atoms with Crippen molar-refractivity contribution in [3.63, 3.8) is 0 Å². The van der Waals surface area contributed by atoms with Crippen LogP contribution < -0.4 is 0 Å². The first-order chi connectivity index (χ1) is 8.61. The Morgan fingerprint density at radius 3 is 2.16 bits per heavy atom. The second kappa shape index (κ2) is 6.96. The van der Waals surface area contributed by atoms with E-state index in [9.17, 15) is 22.8 Å². The predicted octanol–water partition coefficient (Wildman–Crippen LogP) is 2.42. The summed E-state index contributed by atoms with van der Waals surface area (Å²) in [6, 6.07) is 0. The molecule has 0 unspecified atom stereocenters. The molecule has 4 nitrogen and oxygen atoms in total. The molecule has 19 heavy (non-hydrogen) atoms. The molecule has 0 aromatic rings. The Kier molecular flexibility index (Phi) is 6.31. The maximum Gasteiger partial charge on any atom is 0.397 e. The number of rotatable bonds is 4. The number of halogens is 3. The van der Waals surface area contributed by atoms with Crippen molar-refractivity contribution in [2.24, 2.45) is 0 Å². The molecule has 0 atom stereocenters. The molecule has 0 aliphatic heterocycles. The minimum absolute atomic E-state index is 0.0766. The van der Waals surface area contributed by atoms with Crippen LogP contribution >= 0.6 is 0 Å². The zero-order valence-electron chi connectivity index (χ0n) is 11.0. The van der Waals surface area contributed by atoms with Crippen LogP contribution in [0.3, 0.4) is 0 Å². The van der Waals surface area contributed by atoms with E-state index in [1.54, 1.807) is 20.8 Å². The van der Waals surface area contributed by atoms with Crippen molar-refractivity contribution < 1.29 is 27.5 Å². The minimum atomic E-state index is -2.58. The van der Waals surface area contributed by atoms with Gasteiger partial charge in [0.25, 0.3) is 0 Å². The normalized spacial score (nSPS) is 10.6. The highest BCUT2D eigenvalue weighted by Crippen LogP contribution is 2.14. The molecule has 0 aromatic heterocycles. The van der Waals surface area contributed by atoms with E-state index in [1.807, 2.05) is 0 Å². The van der Waals surface area contributed by atoms with Gasteiger partial charge < -0.3 is 9.64 Å². The lowest BCUT2D eigenvalue weighted by Gasteiger charge is -2.33. The summed E-state index contributed by atoms with van der Waals surface area (Å²) in [5.74, 6) is -4.32. The van der Waals surface area contributed by atoms with Crippen LogP contribution in [0.15, 0.2) is 24.6 Å². The van der Waals surface area contributed by atoms with Gasteiger partial charge in [0, 0.05) is 12.1 Å². The molecule has 0 rings (SSSR count). The number of carbonyl (C=O) groups excluding carboxylic acids is 2. The highest BCUT2D eigenvalue weighted by atomic mass is 19.3. The Bertz CT molecular complexity index is 396. The van der Waals surface area contributed by atoms with E-state index in [2.05, 4.69) is 11.3 Å². The van der Waals surface area contributed by atoms with Crippen molar-refractivity contribution in [3.05, 3.63) is 24.6 Å². The smallest absolute Gasteiger partial charge is 0.397 e. The Labute approximate surface area is 109 Å². The quantitative estimate of drug-likeness (QED) is 0.451. The average Bonchev–Trinajstić information content (AvgIpc) is 2.29. The van der Waals surface area contributed by atoms with E-state index in [-0.39, 0.29) is 6.54 Å². The van der Waals surface area contributed by atoms with Crippen LogP contribution in [0.2, 0.25) is 0 Å². The van der Waals surface area contributed by atoms with E-state index >= 15 is 0 Å². The van der Waals surface area contributed by atoms with E-state index in [4.69, 9.17) is 0 Å². The summed E-state index contributed by atoms with van der Waals surface area (Å²) in [6.45, 7) is 7.26. The summed E-state index contributed by atoms with van der Waals surface area (Å²) >= 11 is 0. The van der Waals surface area contributed by atoms with Crippen molar-refractivity contribution in [1.29, 1.82) is 0 Å². The van der Waals surface area contributed by atoms with Crippen molar-refractivity contribution >= 4 is 11.9 Å². The van der Waals surface area contributed by atoms with Crippen molar-refractivity contribution in [2.75, 3.05) is 13.2 Å². The molecule has 0 aromatic carbocycles. The molecule has 0 fully saturated rings. The lowest BCUT2D eigenvalue weighted by Crippen LogP contribution is -2.49. The lowest BCUT2D eigenvalue weighted by atomic mass is 10.1. The fraction of sp³-hybridized carbons (Fsp3) is 0.500. The van der Waals surface area contributed by atoms with Gasteiger partial charge in [-0.25, -0.2) is 9.18 Å². The molecule has 0 aliphatic rings. The average molecular weight is 279 g/mol. The summed E-state index contributed by atoms with van der Waals surface area (Å²) < 4.78 is 40.1. The molecule has 0 aliphatic carbocycles. The van der Waals surface area contributed by atoms with Gasteiger partial charge in [0.15, 0.2) is 0 Å². The van der Waals surface area contributed by atoms with Crippen LogP contribution in [0, 0.1) is 0 Å². The third kappa shape index (κ3) is 5.58. The number of carbonyl (C=O) groups is 2. The maximum atomic E-state index is 12.4. The van der Waals surface area contributed by atoms with E-state index < -0.39 is 35.9 Å². The van der Waals surface area contributed by atoms with Gasteiger partial charge >= 0.3 is 18.0 Å². The molecule has 108 valence electrons. The van der Waals surface area contributed by atoms with Gasteiger partial charge in [-0.2, -0.15) is 8.78 Å². The molecule has 0 saturated heterocycles. The number of nitrogens with zero attached hydrogens (tertiary/aromatic N) is 1. The second-order valence-corrected chi connectivity index (χ2v) is 4.62. The van der Waals surface area contributed by atoms with Crippen molar-refractivity contribution in [2.45, 2.75) is 26.3 Å². The lowest BCUT2D eigenvalue weighted by molar-refractivity contribution is -0.162. The summed E-state index contributed by atoms with van der Waals surface area (Å²) in [7, 11) is 0. The molecule has 0 N–H and O–H groups in total. The SMILES string of the molecule is C=CCN(C(=O)C(=O)OCC(F)=C(F)F)C(C)(C)C. The van der Waals surface area contributed by atoms with Gasteiger partial charge in [-0.15, -0.1) is 6.58 Å². The summed E-state index contributed by atoms with van der Waals surface area (Å²) in [5, 5.41) is 0. The maximum absolute atomic E-state index is 12.4.